The molecule has 0 unspecified atom stereocenters. The maximum absolute atomic E-state index is 12.3. The zero-order valence-corrected chi connectivity index (χ0v) is 9.18. The number of hydrogen-bond acceptors (Lipinski definition) is 3. The van der Waals surface area contributed by atoms with Crippen LogP contribution in [0.25, 0.3) is 0 Å². The van der Waals surface area contributed by atoms with Gasteiger partial charge in [-0.2, -0.15) is 13.2 Å². The van der Waals surface area contributed by atoms with Crippen molar-refractivity contribution < 1.29 is 26.3 Å². The third-order valence-corrected chi connectivity index (χ3v) is 3.33. The number of alkyl halides is 3. The maximum atomic E-state index is 12.3. The molecule has 0 aliphatic heterocycles. The summed E-state index contributed by atoms with van der Waals surface area (Å²) in [7, 11) is -5.31. The Labute approximate surface area is 90.5 Å². The van der Waals surface area contributed by atoms with Crippen molar-refractivity contribution in [3.8, 4) is 0 Å². The Kier molecular flexibility index (Phi) is 3.64. The van der Waals surface area contributed by atoms with Gasteiger partial charge in [-0.1, -0.05) is 0 Å². The average molecular weight is 257 g/mol. The quantitative estimate of drug-likeness (QED) is 0.826. The number of nitrogens with zero attached hydrogens (tertiary/aromatic N) is 1. The molecule has 4 nitrogen and oxygen atoms in total. The molecule has 0 aliphatic carbocycles. The second-order valence-electron chi connectivity index (χ2n) is 2.89. The summed E-state index contributed by atoms with van der Waals surface area (Å²) in [4.78, 5) is 0. The van der Waals surface area contributed by atoms with Crippen LogP contribution < -0.4 is 0 Å². The third kappa shape index (κ3) is 2.38. The molecular weight excluding hydrogens is 247 g/mol. The van der Waals surface area contributed by atoms with Crippen LogP contribution in [0.1, 0.15) is 6.92 Å². The van der Waals surface area contributed by atoms with E-state index in [1.807, 2.05) is 0 Å². The number of ether oxygens (including phenoxy) is 1. The topological polar surface area (TPSA) is 48.3 Å². The summed E-state index contributed by atoms with van der Waals surface area (Å²) in [5.74, 6) is 0. The fourth-order valence-corrected chi connectivity index (χ4v) is 1.97. The number of rotatable bonds is 4. The van der Waals surface area contributed by atoms with Crippen molar-refractivity contribution in [1.29, 1.82) is 0 Å². The van der Waals surface area contributed by atoms with Crippen LogP contribution in [0.2, 0.25) is 0 Å². The summed E-state index contributed by atoms with van der Waals surface area (Å²) in [5, 5.41) is -0.812. The van der Waals surface area contributed by atoms with Gasteiger partial charge in [-0.05, 0) is 19.1 Å². The molecular formula is C8H10F3NO3S. The van der Waals surface area contributed by atoms with E-state index in [1.165, 1.54) is 12.3 Å². The van der Waals surface area contributed by atoms with Crippen molar-refractivity contribution in [2.24, 2.45) is 0 Å². The lowest BCUT2D eigenvalue weighted by Gasteiger charge is -2.11. The lowest BCUT2D eigenvalue weighted by Crippen LogP contribution is -2.26. The molecule has 1 heterocycles. The minimum Gasteiger partial charge on any atom is -0.361 e. The highest BCUT2D eigenvalue weighted by atomic mass is 32.2. The predicted octanol–water partition coefficient (Wildman–Crippen LogP) is 1.78. The lowest BCUT2D eigenvalue weighted by molar-refractivity contribution is -0.0442. The van der Waals surface area contributed by atoms with E-state index in [-0.39, 0.29) is 13.3 Å². The molecule has 0 saturated heterocycles. The summed E-state index contributed by atoms with van der Waals surface area (Å²) in [5.41, 5.74) is -5.30. The van der Waals surface area contributed by atoms with E-state index in [2.05, 4.69) is 0 Å². The smallest absolute Gasteiger partial charge is 0.361 e. The number of halogens is 3. The molecule has 92 valence electrons. The average Bonchev–Trinajstić information content (AvgIpc) is 2.61. The molecule has 1 aromatic rings. The molecule has 0 amide bonds. The van der Waals surface area contributed by atoms with Gasteiger partial charge >= 0.3 is 5.51 Å². The molecule has 8 heteroatoms. The van der Waals surface area contributed by atoms with Crippen LogP contribution in [-0.4, -0.2) is 25.1 Å². The van der Waals surface area contributed by atoms with E-state index in [0.29, 0.717) is 0 Å². The minimum atomic E-state index is -5.31. The van der Waals surface area contributed by atoms with E-state index < -0.39 is 20.4 Å². The summed E-state index contributed by atoms with van der Waals surface area (Å²) >= 11 is 0. The van der Waals surface area contributed by atoms with Gasteiger partial charge in [0.1, 0.15) is 11.8 Å². The van der Waals surface area contributed by atoms with Crippen molar-refractivity contribution >= 4 is 9.84 Å². The Bertz CT molecular complexity index is 449. The van der Waals surface area contributed by atoms with Crippen molar-refractivity contribution in [2.75, 3.05) is 6.61 Å². The molecule has 0 aliphatic rings. The van der Waals surface area contributed by atoms with E-state index in [9.17, 15) is 21.6 Å². The van der Waals surface area contributed by atoms with Crippen LogP contribution in [0.5, 0.6) is 0 Å². The Balaban J connectivity index is 3.10. The zero-order valence-electron chi connectivity index (χ0n) is 8.36. The monoisotopic (exact) mass is 257 g/mol. The van der Waals surface area contributed by atoms with Crippen LogP contribution >= 0.6 is 0 Å². The SMILES string of the molecule is CCOCn1cccc1S(=O)(=O)C(F)(F)F. The molecule has 0 aromatic carbocycles. The van der Waals surface area contributed by atoms with Gasteiger partial charge in [0.2, 0.25) is 0 Å². The largest absolute Gasteiger partial charge is 0.503 e. The standard InChI is InChI=1S/C8H10F3NO3S/c1-2-15-6-12-5-3-4-7(12)16(13,14)8(9,10)11/h3-5H,2,6H2,1H3. The molecule has 1 rings (SSSR count). The fourth-order valence-electron chi connectivity index (χ4n) is 1.06. The first kappa shape index (κ1) is 13.0. The first-order valence-electron chi connectivity index (χ1n) is 4.35. The second-order valence-corrected chi connectivity index (χ2v) is 4.78. The van der Waals surface area contributed by atoms with E-state index in [0.717, 1.165) is 10.6 Å². The van der Waals surface area contributed by atoms with Gasteiger partial charge in [0.25, 0.3) is 9.84 Å². The number of hydrogen-bond donors (Lipinski definition) is 0. The Morgan fingerprint density at radius 2 is 2.06 bits per heavy atom. The first-order valence-corrected chi connectivity index (χ1v) is 5.83. The molecule has 0 atom stereocenters. The van der Waals surface area contributed by atoms with Gasteiger partial charge < -0.3 is 9.30 Å². The molecule has 0 spiro atoms. The van der Waals surface area contributed by atoms with E-state index in [4.69, 9.17) is 4.74 Å². The highest BCUT2D eigenvalue weighted by molar-refractivity contribution is 7.92. The van der Waals surface area contributed by atoms with Gasteiger partial charge in [-0.3, -0.25) is 0 Å². The van der Waals surface area contributed by atoms with Crippen LogP contribution in [0.4, 0.5) is 13.2 Å². The summed E-state index contributed by atoms with van der Waals surface area (Å²) in [6.07, 6.45) is 1.22. The van der Waals surface area contributed by atoms with Crippen LogP contribution in [-0.2, 0) is 21.3 Å². The van der Waals surface area contributed by atoms with Gasteiger partial charge in [-0.15, -0.1) is 0 Å². The molecule has 0 N–H and O–H groups in total. The van der Waals surface area contributed by atoms with Crippen LogP contribution in [0, 0.1) is 0 Å². The molecule has 0 radical (unpaired) electrons. The van der Waals surface area contributed by atoms with Crippen molar-refractivity contribution in [1.82, 2.24) is 4.57 Å². The third-order valence-electron chi connectivity index (χ3n) is 1.80. The van der Waals surface area contributed by atoms with Crippen molar-refractivity contribution in [2.45, 2.75) is 24.2 Å². The Morgan fingerprint density at radius 1 is 1.44 bits per heavy atom. The summed E-state index contributed by atoms with van der Waals surface area (Å²) < 4.78 is 64.7. The molecule has 1 aromatic heterocycles. The Morgan fingerprint density at radius 3 is 2.56 bits per heavy atom. The van der Waals surface area contributed by atoms with Crippen LogP contribution in [0.15, 0.2) is 23.4 Å². The van der Waals surface area contributed by atoms with E-state index >= 15 is 0 Å². The fraction of sp³-hybridized carbons (Fsp3) is 0.500. The number of aromatic nitrogens is 1. The molecule has 0 fully saturated rings. The van der Waals surface area contributed by atoms with Crippen LogP contribution in [0.3, 0.4) is 0 Å². The summed E-state index contributed by atoms with van der Waals surface area (Å²) in [6, 6.07) is 2.11. The van der Waals surface area contributed by atoms with E-state index in [1.54, 1.807) is 6.92 Å². The highest BCUT2D eigenvalue weighted by Gasteiger charge is 2.48. The molecule has 0 bridgehead atoms. The summed E-state index contributed by atoms with van der Waals surface area (Å²) in [6.45, 7) is 1.71. The minimum absolute atomic E-state index is 0.228. The Hall–Kier alpha value is -1.02. The second kappa shape index (κ2) is 4.46. The van der Waals surface area contributed by atoms with Crippen molar-refractivity contribution in [3.63, 3.8) is 0 Å². The van der Waals surface area contributed by atoms with Crippen molar-refractivity contribution in [3.05, 3.63) is 18.3 Å². The highest BCUT2D eigenvalue weighted by Crippen LogP contribution is 2.30. The van der Waals surface area contributed by atoms with Gasteiger partial charge in [0.05, 0.1) is 0 Å². The normalized spacial score (nSPS) is 13.0. The first-order chi connectivity index (χ1) is 7.30. The zero-order chi connectivity index (χ0) is 12.4. The lowest BCUT2D eigenvalue weighted by atomic mass is 10.7. The number of sulfone groups is 1. The molecule has 16 heavy (non-hydrogen) atoms. The molecule has 0 saturated carbocycles. The van der Waals surface area contributed by atoms with Gasteiger partial charge in [-0.25, -0.2) is 8.42 Å². The predicted molar refractivity (Wildman–Crippen MR) is 49.3 cm³/mol. The van der Waals surface area contributed by atoms with Gasteiger partial charge in [0.15, 0.2) is 0 Å². The van der Waals surface area contributed by atoms with Gasteiger partial charge in [0, 0.05) is 12.8 Å². The maximum Gasteiger partial charge on any atom is 0.503 e.